The molecule has 1 fully saturated rings. The fourth-order valence-corrected chi connectivity index (χ4v) is 3.67. The van der Waals surface area contributed by atoms with E-state index in [2.05, 4.69) is 61.9 Å². The van der Waals surface area contributed by atoms with Crippen LogP contribution < -0.4 is 15.5 Å². The van der Waals surface area contributed by atoms with E-state index in [-0.39, 0.29) is 24.0 Å². The molecule has 2 aromatic heterocycles. The van der Waals surface area contributed by atoms with Crippen LogP contribution in [0.4, 0.5) is 5.69 Å². The van der Waals surface area contributed by atoms with Gasteiger partial charge in [-0.25, -0.2) is 0 Å². The van der Waals surface area contributed by atoms with Crippen LogP contribution in [0, 0.1) is 5.92 Å². The van der Waals surface area contributed by atoms with Gasteiger partial charge in [-0.1, -0.05) is 25.1 Å². The van der Waals surface area contributed by atoms with Crippen molar-refractivity contribution < 1.29 is 0 Å². The van der Waals surface area contributed by atoms with Gasteiger partial charge in [-0.2, -0.15) is 0 Å². The van der Waals surface area contributed by atoms with Crippen LogP contribution >= 0.6 is 24.0 Å². The number of rotatable bonds is 5. The second-order valence-electron chi connectivity index (χ2n) is 7.66. The zero-order valence-corrected chi connectivity index (χ0v) is 19.9. The van der Waals surface area contributed by atoms with Crippen LogP contribution in [0.3, 0.4) is 0 Å². The van der Waals surface area contributed by atoms with Gasteiger partial charge in [-0.15, -0.1) is 34.2 Å². The van der Waals surface area contributed by atoms with Gasteiger partial charge in [0.2, 0.25) is 0 Å². The molecule has 1 aliphatic rings. The van der Waals surface area contributed by atoms with Crippen molar-refractivity contribution in [3.8, 4) is 0 Å². The maximum absolute atomic E-state index is 4.31. The molecule has 7 nitrogen and oxygen atoms in total. The van der Waals surface area contributed by atoms with E-state index in [0.717, 1.165) is 43.0 Å². The second-order valence-corrected chi connectivity index (χ2v) is 7.66. The molecular weight excluding hydrogens is 489 g/mol. The molecule has 3 aromatic rings. The molecular formula is C22H30IN7. The highest BCUT2D eigenvalue weighted by Crippen LogP contribution is 2.23. The van der Waals surface area contributed by atoms with Gasteiger partial charge in [0.25, 0.3) is 0 Å². The lowest BCUT2D eigenvalue weighted by atomic mass is 9.99. The average Bonchev–Trinajstić information content (AvgIpc) is 3.18. The number of guanidine groups is 1. The van der Waals surface area contributed by atoms with E-state index in [0.29, 0.717) is 6.54 Å². The number of fused-ring (bicyclic) bond motifs is 1. The van der Waals surface area contributed by atoms with Crippen molar-refractivity contribution in [2.24, 2.45) is 10.9 Å². The summed E-state index contributed by atoms with van der Waals surface area (Å²) in [7, 11) is 1.78. The van der Waals surface area contributed by atoms with Gasteiger partial charge >= 0.3 is 0 Å². The maximum atomic E-state index is 4.31. The molecule has 0 unspecified atom stereocenters. The Morgan fingerprint density at radius 3 is 2.50 bits per heavy atom. The Bertz CT molecular complexity index is 959. The molecule has 3 heterocycles. The van der Waals surface area contributed by atoms with Gasteiger partial charge in [0.15, 0.2) is 17.4 Å². The molecule has 1 aromatic carbocycles. The van der Waals surface area contributed by atoms with E-state index in [1.54, 1.807) is 7.05 Å². The van der Waals surface area contributed by atoms with Crippen LogP contribution in [0.25, 0.3) is 5.65 Å². The van der Waals surface area contributed by atoms with Gasteiger partial charge < -0.3 is 15.5 Å². The van der Waals surface area contributed by atoms with Crippen molar-refractivity contribution in [2.45, 2.75) is 32.9 Å². The quantitative estimate of drug-likeness (QED) is 0.307. The third-order valence-electron chi connectivity index (χ3n) is 5.57. The molecule has 0 atom stereocenters. The normalized spacial score (nSPS) is 15.1. The van der Waals surface area contributed by atoms with E-state index in [4.69, 9.17) is 0 Å². The fraction of sp³-hybridized carbons (Fsp3) is 0.409. The van der Waals surface area contributed by atoms with E-state index < -0.39 is 0 Å². The lowest BCUT2D eigenvalue weighted by molar-refractivity contribution is 0.438. The third kappa shape index (κ3) is 5.41. The number of nitrogens with one attached hydrogen (secondary N) is 2. The van der Waals surface area contributed by atoms with Gasteiger partial charge in [0.05, 0.1) is 6.54 Å². The van der Waals surface area contributed by atoms with Crippen molar-refractivity contribution >= 4 is 41.3 Å². The van der Waals surface area contributed by atoms with Crippen molar-refractivity contribution in [3.05, 3.63) is 60.0 Å². The summed E-state index contributed by atoms with van der Waals surface area (Å²) in [6, 6.07) is 14.7. The summed E-state index contributed by atoms with van der Waals surface area (Å²) in [6.07, 6.45) is 4.53. The number of nitrogens with zero attached hydrogens (tertiary/aromatic N) is 5. The van der Waals surface area contributed by atoms with E-state index in [1.807, 2.05) is 28.8 Å². The minimum Gasteiger partial charge on any atom is -0.372 e. The van der Waals surface area contributed by atoms with Crippen LogP contribution in [0.1, 0.15) is 31.2 Å². The lowest BCUT2D eigenvalue weighted by Crippen LogP contribution is -2.36. The molecule has 160 valence electrons. The Kier molecular flexibility index (Phi) is 7.89. The molecule has 0 aliphatic carbocycles. The molecule has 0 amide bonds. The number of halogens is 1. The first kappa shape index (κ1) is 22.3. The Morgan fingerprint density at radius 2 is 1.77 bits per heavy atom. The number of hydrogen-bond acceptors (Lipinski definition) is 4. The van der Waals surface area contributed by atoms with E-state index in [9.17, 15) is 0 Å². The molecule has 0 bridgehead atoms. The smallest absolute Gasteiger partial charge is 0.191 e. The SMILES string of the molecule is CN=C(NCc1ccc(N2CCC(C)CC2)cc1)NCc1nnc2ccccn12.I. The summed E-state index contributed by atoms with van der Waals surface area (Å²) < 4.78 is 1.97. The Balaban J connectivity index is 0.00000256. The number of aromatic nitrogens is 3. The highest BCUT2D eigenvalue weighted by atomic mass is 127. The summed E-state index contributed by atoms with van der Waals surface area (Å²) in [5, 5.41) is 15.1. The molecule has 1 saturated heterocycles. The van der Waals surface area contributed by atoms with Crippen LogP contribution in [0.5, 0.6) is 0 Å². The van der Waals surface area contributed by atoms with Crippen molar-refractivity contribution in [1.29, 1.82) is 0 Å². The standard InChI is InChI=1S/C22H29N7.HI/c1-17-10-13-28(14-11-17)19-8-6-18(7-9-19)15-24-22(23-2)25-16-21-27-26-20-5-3-4-12-29(20)21;/h3-9,12,17H,10-11,13-16H2,1-2H3,(H2,23,24,25);1H. The minimum absolute atomic E-state index is 0. The molecule has 8 heteroatoms. The number of hydrogen-bond donors (Lipinski definition) is 2. The summed E-state index contributed by atoms with van der Waals surface area (Å²) >= 11 is 0. The van der Waals surface area contributed by atoms with E-state index >= 15 is 0 Å². The number of pyridine rings is 1. The van der Waals surface area contributed by atoms with Gasteiger partial charge in [0, 0.05) is 38.6 Å². The molecule has 2 N–H and O–H groups in total. The third-order valence-corrected chi connectivity index (χ3v) is 5.57. The Hall–Kier alpha value is -2.36. The Labute approximate surface area is 195 Å². The molecule has 30 heavy (non-hydrogen) atoms. The van der Waals surface area contributed by atoms with Gasteiger partial charge in [-0.05, 0) is 48.6 Å². The first-order valence-corrected chi connectivity index (χ1v) is 10.3. The zero-order valence-electron chi connectivity index (χ0n) is 17.6. The molecule has 4 rings (SSSR count). The maximum Gasteiger partial charge on any atom is 0.191 e. The van der Waals surface area contributed by atoms with Crippen LogP contribution in [-0.2, 0) is 13.1 Å². The first-order valence-electron chi connectivity index (χ1n) is 10.3. The first-order chi connectivity index (χ1) is 14.2. The van der Waals surface area contributed by atoms with Crippen molar-refractivity contribution in [2.75, 3.05) is 25.0 Å². The predicted molar refractivity (Wildman–Crippen MR) is 132 cm³/mol. The largest absolute Gasteiger partial charge is 0.372 e. The fourth-order valence-electron chi connectivity index (χ4n) is 3.67. The number of benzene rings is 1. The average molecular weight is 519 g/mol. The summed E-state index contributed by atoms with van der Waals surface area (Å²) in [5.74, 6) is 2.44. The van der Waals surface area contributed by atoms with Crippen LogP contribution in [0.2, 0.25) is 0 Å². The van der Waals surface area contributed by atoms with Crippen molar-refractivity contribution in [1.82, 2.24) is 25.2 Å². The van der Waals surface area contributed by atoms with Gasteiger partial charge in [0.1, 0.15) is 0 Å². The van der Waals surface area contributed by atoms with Crippen LogP contribution in [0.15, 0.2) is 53.7 Å². The summed E-state index contributed by atoms with van der Waals surface area (Å²) in [5.41, 5.74) is 3.40. The second kappa shape index (κ2) is 10.6. The number of aliphatic imine (C=N–C) groups is 1. The molecule has 0 saturated carbocycles. The minimum atomic E-state index is 0. The van der Waals surface area contributed by atoms with Crippen LogP contribution in [-0.4, -0.2) is 40.7 Å². The monoisotopic (exact) mass is 519 g/mol. The molecule has 1 aliphatic heterocycles. The number of piperidine rings is 1. The Morgan fingerprint density at radius 1 is 1.03 bits per heavy atom. The van der Waals surface area contributed by atoms with Crippen molar-refractivity contribution in [3.63, 3.8) is 0 Å². The van der Waals surface area contributed by atoms with Gasteiger partial charge in [-0.3, -0.25) is 9.39 Å². The molecule has 0 radical (unpaired) electrons. The lowest BCUT2D eigenvalue weighted by Gasteiger charge is -2.32. The zero-order chi connectivity index (χ0) is 20.1. The number of anilines is 1. The topological polar surface area (TPSA) is 69.8 Å². The molecule has 0 spiro atoms. The highest BCUT2D eigenvalue weighted by Gasteiger charge is 2.15. The predicted octanol–water partition coefficient (Wildman–Crippen LogP) is 3.45. The summed E-state index contributed by atoms with van der Waals surface area (Å²) in [6.45, 7) is 5.94. The highest BCUT2D eigenvalue weighted by molar-refractivity contribution is 14.0. The van der Waals surface area contributed by atoms with E-state index in [1.165, 1.54) is 24.1 Å². The summed E-state index contributed by atoms with van der Waals surface area (Å²) in [4.78, 5) is 6.80.